The van der Waals surface area contributed by atoms with Crippen molar-refractivity contribution in [1.82, 2.24) is 15.0 Å². The monoisotopic (exact) mass is 313 g/mol. The Hall–Kier alpha value is -1.51. The van der Waals surface area contributed by atoms with Crippen molar-refractivity contribution in [3.63, 3.8) is 0 Å². The van der Waals surface area contributed by atoms with Gasteiger partial charge in [-0.25, -0.2) is 0 Å². The van der Waals surface area contributed by atoms with Crippen LogP contribution in [0.2, 0.25) is 0 Å². The van der Waals surface area contributed by atoms with Crippen molar-refractivity contribution in [2.45, 2.75) is 31.9 Å². The highest BCUT2D eigenvalue weighted by Gasteiger charge is 2.31. The van der Waals surface area contributed by atoms with Crippen LogP contribution in [0, 0.1) is 0 Å². The number of methoxy groups -OCH3 is 2. The number of amides is 1. The van der Waals surface area contributed by atoms with Crippen molar-refractivity contribution < 1.29 is 23.5 Å². The molecule has 0 aromatic carbocycles. The maximum absolute atomic E-state index is 12.1. The van der Waals surface area contributed by atoms with E-state index in [1.54, 1.807) is 12.0 Å². The average molecular weight is 313 g/mol. The first-order valence-corrected chi connectivity index (χ1v) is 7.43. The third-order valence-electron chi connectivity index (χ3n) is 3.53. The first-order chi connectivity index (χ1) is 10.8. The van der Waals surface area contributed by atoms with E-state index in [-0.39, 0.29) is 25.2 Å². The zero-order valence-electron chi connectivity index (χ0n) is 13.1. The minimum Gasteiger partial charge on any atom is -0.382 e. The molecule has 0 aliphatic carbocycles. The van der Waals surface area contributed by atoms with Crippen LogP contribution in [0.1, 0.15) is 37.0 Å². The van der Waals surface area contributed by atoms with E-state index < -0.39 is 0 Å². The van der Waals surface area contributed by atoms with Gasteiger partial charge in [0, 0.05) is 20.8 Å². The van der Waals surface area contributed by atoms with Gasteiger partial charge in [0.25, 0.3) is 5.89 Å². The Labute approximate surface area is 129 Å². The molecule has 1 fully saturated rings. The van der Waals surface area contributed by atoms with Gasteiger partial charge in [-0.15, -0.1) is 0 Å². The quantitative estimate of drug-likeness (QED) is 0.660. The van der Waals surface area contributed by atoms with Crippen molar-refractivity contribution in [2.24, 2.45) is 0 Å². The van der Waals surface area contributed by atoms with Gasteiger partial charge < -0.3 is 23.6 Å². The van der Waals surface area contributed by atoms with E-state index in [0.29, 0.717) is 31.5 Å². The van der Waals surface area contributed by atoms with Gasteiger partial charge >= 0.3 is 0 Å². The Bertz CT molecular complexity index is 465. The number of hydrogen-bond acceptors (Lipinski definition) is 7. The number of carbonyl (C=O) groups excluding carboxylic acids is 1. The van der Waals surface area contributed by atoms with E-state index in [1.807, 2.05) is 0 Å². The normalized spacial score (nSPS) is 18.6. The Kier molecular flexibility index (Phi) is 6.75. The van der Waals surface area contributed by atoms with Gasteiger partial charge in [-0.05, 0) is 19.3 Å². The highest BCUT2D eigenvalue weighted by molar-refractivity contribution is 5.78. The topological polar surface area (TPSA) is 86.9 Å². The van der Waals surface area contributed by atoms with Crippen LogP contribution in [-0.4, -0.2) is 61.5 Å². The second kappa shape index (κ2) is 8.82. The van der Waals surface area contributed by atoms with Crippen LogP contribution in [0.3, 0.4) is 0 Å². The summed E-state index contributed by atoms with van der Waals surface area (Å²) >= 11 is 0. The van der Waals surface area contributed by atoms with Crippen LogP contribution >= 0.6 is 0 Å². The summed E-state index contributed by atoms with van der Waals surface area (Å²) < 4.78 is 20.4. The van der Waals surface area contributed by atoms with Crippen molar-refractivity contribution in [2.75, 3.05) is 40.6 Å². The van der Waals surface area contributed by atoms with Gasteiger partial charge in [-0.1, -0.05) is 5.16 Å². The summed E-state index contributed by atoms with van der Waals surface area (Å²) in [4.78, 5) is 18.2. The van der Waals surface area contributed by atoms with E-state index in [1.165, 1.54) is 7.11 Å². The van der Waals surface area contributed by atoms with Crippen LogP contribution in [0.4, 0.5) is 0 Å². The standard InChI is InChI=1S/C14H23N3O5/c1-19-7-8-21-9-12-15-14(16-22-12)11-5-3-4-6-17(11)13(18)10-20-2/h11H,3-10H2,1-2H3. The molecule has 1 aromatic heterocycles. The molecule has 1 aliphatic heterocycles. The fourth-order valence-corrected chi connectivity index (χ4v) is 2.47. The summed E-state index contributed by atoms with van der Waals surface area (Å²) in [5.74, 6) is 0.903. The van der Waals surface area contributed by atoms with Gasteiger partial charge in [-0.3, -0.25) is 4.79 Å². The van der Waals surface area contributed by atoms with Crippen molar-refractivity contribution >= 4 is 5.91 Å². The fourth-order valence-electron chi connectivity index (χ4n) is 2.47. The zero-order chi connectivity index (χ0) is 15.8. The molecular weight excluding hydrogens is 290 g/mol. The predicted octanol–water partition coefficient (Wildman–Crippen LogP) is 0.933. The molecular formula is C14H23N3O5. The summed E-state index contributed by atoms with van der Waals surface area (Å²) in [5, 5.41) is 4.00. The van der Waals surface area contributed by atoms with Gasteiger partial charge in [-0.2, -0.15) is 4.98 Å². The van der Waals surface area contributed by atoms with Crippen LogP contribution < -0.4 is 0 Å². The van der Waals surface area contributed by atoms with E-state index in [2.05, 4.69) is 10.1 Å². The highest BCUT2D eigenvalue weighted by atomic mass is 16.5. The number of piperidine rings is 1. The maximum Gasteiger partial charge on any atom is 0.252 e. The zero-order valence-corrected chi connectivity index (χ0v) is 13.1. The molecule has 0 saturated carbocycles. The van der Waals surface area contributed by atoms with E-state index in [9.17, 15) is 4.79 Å². The smallest absolute Gasteiger partial charge is 0.252 e. The molecule has 1 saturated heterocycles. The molecule has 0 spiro atoms. The third-order valence-corrected chi connectivity index (χ3v) is 3.53. The Morgan fingerprint density at radius 3 is 2.95 bits per heavy atom. The number of nitrogens with zero attached hydrogens (tertiary/aromatic N) is 3. The van der Waals surface area contributed by atoms with E-state index >= 15 is 0 Å². The summed E-state index contributed by atoms with van der Waals surface area (Å²) in [5.41, 5.74) is 0. The van der Waals surface area contributed by atoms with Gasteiger partial charge in [0.1, 0.15) is 13.2 Å². The lowest BCUT2D eigenvalue weighted by Gasteiger charge is -2.33. The number of likely N-dealkylation sites (tertiary alicyclic amines) is 1. The Morgan fingerprint density at radius 1 is 1.32 bits per heavy atom. The fraction of sp³-hybridized carbons (Fsp3) is 0.786. The second-order valence-corrected chi connectivity index (χ2v) is 5.12. The number of hydrogen-bond donors (Lipinski definition) is 0. The maximum atomic E-state index is 12.1. The van der Waals surface area contributed by atoms with Crippen molar-refractivity contribution in [3.8, 4) is 0 Å². The van der Waals surface area contributed by atoms with Crippen LogP contribution in [-0.2, 0) is 25.6 Å². The highest BCUT2D eigenvalue weighted by Crippen LogP contribution is 2.29. The van der Waals surface area contributed by atoms with Crippen molar-refractivity contribution in [1.29, 1.82) is 0 Å². The molecule has 1 aromatic rings. The molecule has 0 radical (unpaired) electrons. The minimum absolute atomic E-state index is 0.0464. The van der Waals surface area contributed by atoms with Gasteiger partial charge in [0.15, 0.2) is 5.82 Å². The van der Waals surface area contributed by atoms with E-state index in [0.717, 1.165) is 19.3 Å². The first-order valence-electron chi connectivity index (χ1n) is 7.43. The predicted molar refractivity (Wildman–Crippen MR) is 76.0 cm³/mol. The molecule has 22 heavy (non-hydrogen) atoms. The Morgan fingerprint density at radius 2 is 2.18 bits per heavy atom. The number of rotatable bonds is 8. The molecule has 2 rings (SSSR count). The molecule has 0 bridgehead atoms. The summed E-state index contributed by atoms with van der Waals surface area (Å²) in [6.07, 6.45) is 2.85. The number of carbonyl (C=O) groups is 1. The molecule has 8 nitrogen and oxygen atoms in total. The molecule has 0 N–H and O–H groups in total. The van der Waals surface area contributed by atoms with Crippen LogP contribution in [0.5, 0.6) is 0 Å². The first kappa shape index (κ1) is 16.9. The van der Waals surface area contributed by atoms with Crippen LogP contribution in [0.25, 0.3) is 0 Å². The van der Waals surface area contributed by atoms with E-state index in [4.69, 9.17) is 18.7 Å². The second-order valence-electron chi connectivity index (χ2n) is 5.12. The lowest BCUT2D eigenvalue weighted by molar-refractivity contribution is -0.139. The lowest BCUT2D eigenvalue weighted by Crippen LogP contribution is -2.40. The number of ether oxygens (including phenoxy) is 3. The van der Waals surface area contributed by atoms with Crippen molar-refractivity contribution in [3.05, 3.63) is 11.7 Å². The SMILES string of the molecule is COCCOCc1nc(C2CCCCN2C(=O)COC)no1. The molecule has 1 atom stereocenters. The molecule has 124 valence electrons. The third kappa shape index (κ3) is 4.49. The summed E-state index contributed by atoms with van der Waals surface area (Å²) in [6.45, 7) is 2.00. The number of aromatic nitrogens is 2. The van der Waals surface area contributed by atoms with Gasteiger partial charge in [0.05, 0.1) is 19.3 Å². The molecule has 2 heterocycles. The summed E-state index contributed by atoms with van der Waals surface area (Å²) in [6, 6.07) is -0.145. The minimum atomic E-state index is -0.145. The summed E-state index contributed by atoms with van der Waals surface area (Å²) in [7, 11) is 3.13. The largest absolute Gasteiger partial charge is 0.382 e. The lowest BCUT2D eigenvalue weighted by atomic mass is 10.0. The molecule has 1 amide bonds. The Balaban J connectivity index is 1.96. The molecule has 1 aliphatic rings. The molecule has 8 heteroatoms. The van der Waals surface area contributed by atoms with Crippen LogP contribution in [0.15, 0.2) is 4.52 Å². The molecule has 1 unspecified atom stereocenters. The average Bonchev–Trinajstić information content (AvgIpc) is 3.00. The van der Waals surface area contributed by atoms with Gasteiger partial charge in [0.2, 0.25) is 5.91 Å².